The van der Waals surface area contributed by atoms with Crippen LogP contribution in [0.15, 0.2) is 30.3 Å². The van der Waals surface area contributed by atoms with Gasteiger partial charge in [0.25, 0.3) is 0 Å². The third-order valence-electron chi connectivity index (χ3n) is 4.61. The number of nitrogens with zero attached hydrogens (tertiary/aromatic N) is 2. The van der Waals surface area contributed by atoms with E-state index >= 15 is 0 Å². The monoisotopic (exact) mass is 345 g/mol. The van der Waals surface area contributed by atoms with Gasteiger partial charge in [-0.3, -0.25) is 14.7 Å². The Morgan fingerprint density at radius 3 is 2.76 bits per heavy atom. The maximum atomic E-state index is 13.3. The first-order chi connectivity index (χ1) is 11.9. The van der Waals surface area contributed by atoms with Crippen molar-refractivity contribution in [3.8, 4) is 11.3 Å². The molecule has 1 aliphatic carbocycles. The van der Waals surface area contributed by atoms with Crippen LogP contribution in [0.5, 0.6) is 0 Å². The van der Waals surface area contributed by atoms with Gasteiger partial charge in [0.15, 0.2) is 0 Å². The molecule has 6 nitrogen and oxygen atoms in total. The molecular formula is C18H20FN3O3. The predicted octanol–water partition coefficient (Wildman–Crippen LogP) is 2.47. The molecule has 1 fully saturated rings. The number of hydrogen-bond acceptors (Lipinski definition) is 3. The van der Waals surface area contributed by atoms with Crippen LogP contribution in [0.4, 0.5) is 4.39 Å². The van der Waals surface area contributed by atoms with Crippen LogP contribution in [-0.2, 0) is 16.0 Å². The number of carboxylic acids is 1. The van der Waals surface area contributed by atoms with E-state index in [2.05, 4.69) is 10.2 Å². The van der Waals surface area contributed by atoms with E-state index in [4.69, 9.17) is 5.11 Å². The van der Waals surface area contributed by atoms with Crippen LogP contribution in [0.3, 0.4) is 0 Å². The molecule has 1 aromatic heterocycles. The average Bonchev–Trinajstić information content (AvgIpc) is 3.27. The number of carbonyl (C=O) groups excluding carboxylic acids is 1. The fraction of sp³-hybridized carbons (Fsp3) is 0.389. The Balaban J connectivity index is 1.53. The standard InChI is InChI=1S/C18H20FN3O3/c1-22(16(23)18(7-8-18)17(24)25)9-3-6-14-11-15(21-20-14)12-4-2-5-13(19)10-12/h2,4-5,10-11H,3,6-9H2,1H3,(H,20,21)(H,24,25). The van der Waals surface area contributed by atoms with E-state index in [-0.39, 0.29) is 11.7 Å². The molecule has 0 atom stereocenters. The molecular weight excluding hydrogens is 325 g/mol. The first-order valence-corrected chi connectivity index (χ1v) is 8.21. The molecule has 0 spiro atoms. The lowest BCUT2D eigenvalue weighted by Crippen LogP contribution is -2.39. The quantitative estimate of drug-likeness (QED) is 0.755. The molecule has 1 heterocycles. The Morgan fingerprint density at radius 2 is 2.12 bits per heavy atom. The lowest BCUT2D eigenvalue weighted by atomic mass is 10.1. The Labute approximate surface area is 144 Å². The highest BCUT2D eigenvalue weighted by atomic mass is 19.1. The van der Waals surface area contributed by atoms with E-state index in [0.29, 0.717) is 43.5 Å². The Morgan fingerprint density at radius 1 is 1.36 bits per heavy atom. The lowest BCUT2D eigenvalue weighted by Gasteiger charge is -2.20. The summed E-state index contributed by atoms with van der Waals surface area (Å²) in [5, 5.41) is 16.3. The molecule has 0 saturated heterocycles. The van der Waals surface area contributed by atoms with Gasteiger partial charge in [0.05, 0.1) is 5.69 Å². The van der Waals surface area contributed by atoms with Gasteiger partial charge in [-0.2, -0.15) is 5.10 Å². The van der Waals surface area contributed by atoms with E-state index in [1.807, 2.05) is 6.07 Å². The van der Waals surface area contributed by atoms with Crippen molar-refractivity contribution >= 4 is 11.9 Å². The lowest BCUT2D eigenvalue weighted by molar-refractivity contribution is -0.152. The van der Waals surface area contributed by atoms with E-state index in [1.54, 1.807) is 19.2 Å². The van der Waals surface area contributed by atoms with Crippen LogP contribution < -0.4 is 0 Å². The van der Waals surface area contributed by atoms with Crippen molar-refractivity contribution in [2.45, 2.75) is 25.7 Å². The molecule has 1 aliphatic rings. The van der Waals surface area contributed by atoms with Gasteiger partial charge in [0.2, 0.25) is 5.91 Å². The molecule has 7 heteroatoms. The highest BCUT2D eigenvalue weighted by Crippen LogP contribution is 2.47. The van der Waals surface area contributed by atoms with Crippen LogP contribution in [0.1, 0.15) is 25.0 Å². The van der Waals surface area contributed by atoms with Gasteiger partial charge in [-0.15, -0.1) is 0 Å². The number of halogens is 1. The summed E-state index contributed by atoms with van der Waals surface area (Å²) in [7, 11) is 1.64. The van der Waals surface area contributed by atoms with Crippen molar-refractivity contribution in [1.29, 1.82) is 0 Å². The molecule has 2 aromatic rings. The SMILES string of the molecule is CN(CCCc1cc(-c2cccc(F)c2)n[nH]1)C(=O)C1(C(=O)O)CC1. The summed E-state index contributed by atoms with van der Waals surface area (Å²) in [6.45, 7) is 0.474. The number of rotatable bonds is 7. The van der Waals surface area contributed by atoms with Gasteiger partial charge < -0.3 is 10.0 Å². The van der Waals surface area contributed by atoms with Crippen LogP contribution in [0.25, 0.3) is 11.3 Å². The summed E-state index contributed by atoms with van der Waals surface area (Å²) in [5.74, 6) is -1.66. The zero-order chi connectivity index (χ0) is 18.0. The van der Waals surface area contributed by atoms with Crippen molar-refractivity contribution in [2.75, 3.05) is 13.6 Å². The molecule has 132 valence electrons. The van der Waals surface area contributed by atoms with Crippen LogP contribution >= 0.6 is 0 Å². The second kappa shape index (κ2) is 6.66. The smallest absolute Gasteiger partial charge is 0.319 e. The molecule has 0 radical (unpaired) electrons. The third-order valence-corrected chi connectivity index (χ3v) is 4.61. The van der Waals surface area contributed by atoms with Crippen LogP contribution in [0, 0.1) is 11.2 Å². The molecule has 0 aliphatic heterocycles. The van der Waals surface area contributed by atoms with Crippen molar-refractivity contribution in [2.24, 2.45) is 5.41 Å². The first-order valence-electron chi connectivity index (χ1n) is 8.21. The number of aliphatic carboxylic acids is 1. The Hall–Kier alpha value is -2.70. The van der Waals surface area contributed by atoms with Gasteiger partial charge in [0.1, 0.15) is 11.2 Å². The predicted molar refractivity (Wildman–Crippen MR) is 89.2 cm³/mol. The number of benzene rings is 1. The number of aromatic amines is 1. The summed E-state index contributed by atoms with van der Waals surface area (Å²) < 4.78 is 13.3. The number of nitrogens with one attached hydrogen (secondary N) is 1. The zero-order valence-electron chi connectivity index (χ0n) is 14.0. The number of carboxylic acid groups (broad SMARTS) is 1. The van der Waals surface area contributed by atoms with E-state index in [0.717, 1.165) is 5.69 Å². The van der Waals surface area contributed by atoms with Crippen molar-refractivity contribution in [1.82, 2.24) is 15.1 Å². The molecule has 1 amide bonds. The van der Waals surface area contributed by atoms with Crippen molar-refractivity contribution < 1.29 is 19.1 Å². The summed E-state index contributed by atoms with van der Waals surface area (Å²) in [4.78, 5) is 24.9. The second-order valence-electron chi connectivity index (χ2n) is 6.51. The third kappa shape index (κ3) is 3.55. The summed E-state index contributed by atoms with van der Waals surface area (Å²) in [5.41, 5.74) is 1.07. The maximum Gasteiger partial charge on any atom is 0.319 e. The fourth-order valence-electron chi connectivity index (χ4n) is 2.90. The molecule has 3 rings (SSSR count). The number of aromatic nitrogens is 2. The van der Waals surface area contributed by atoms with Crippen molar-refractivity contribution in [3.05, 3.63) is 41.8 Å². The second-order valence-corrected chi connectivity index (χ2v) is 6.51. The number of H-pyrrole nitrogens is 1. The largest absolute Gasteiger partial charge is 0.480 e. The van der Waals surface area contributed by atoms with Gasteiger partial charge in [-0.25, -0.2) is 4.39 Å². The number of amides is 1. The van der Waals surface area contributed by atoms with Gasteiger partial charge >= 0.3 is 5.97 Å². The minimum Gasteiger partial charge on any atom is -0.480 e. The summed E-state index contributed by atoms with van der Waals surface area (Å²) in [6.07, 6.45) is 2.19. The van der Waals surface area contributed by atoms with Gasteiger partial charge in [-0.1, -0.05) is 12.1 Å². The summed E-state index contributed by atoms with van der Waals surface area (Å²) in [6, 6.07) is 8.09. The molecule has 25 heavy (non-hydrogen) atoms. The van der Waals surface area contributed by atoms with Gasteiger partial charge in [-0.05, 0) is 43.9 Å². The molecule has 0 bridgehead atoms. The molecule has 1 saturated carbocycles. The molecule has 2 N–H and O–H groups in total. The minimum absolute atomic E-state index is 0.311. The maximum absolute atomic E-state index is 13.3. The van der Waals surface area contributed by atoms with E-state index < -0.39 is 11.4 Å². The number of hydrogen-bond donors (Lipinski definition) is 2. The topological polar surface area (TPSA) is 86.3 Å². The Bertz CT molecular complexity index is 798. The fourth-order valence-corrected chi connectivity index (χ4v) is 2.90. The van der Waals surface area contributed by atoms with E-state index in [1.165, 1.54) is 17.0 Å². The van der Waals surface area contributed by atoms with Crippen molar-refractivity contribution in [3.63, 3.8) is 0 Å². The average molecular weight is 345 g/mol. The number of carbonyl (C=O) groups is 2. The van der Waals surface area contributed by atoms with Gasteiger partial charge in [0, 0.05) is 24.8 Å². The highest BCUT2D eigenvalue weighted by molar-refractivity contribution is 6.04. The highest BCUT2D eigenvalue weighted by Gasteiger charge is 2.58. The van der Waals surface area contributed by atoms with Crippen LogP contribution in [-0.4, -0.2) is 45.7 Å². The normalized spacial score (nSPS) is 15.0. The molecule has 0 unspecified atom stereocenters. The van der Waals surface area contributed by atoms with Crippen LogP contribution in [0.2, 0.25) is 0 Å². The Kier molecular flexibility index (Phi) is 4.57. The first kappa shape index (κ1) is 17.1. The molecule has 1 aromatic carbocycles. The minimum atomic E-state index is -1.19. The number of aryl methyl sites for hydroxylation is 1. The van der Waals surface area contributed by atoms with E-state index in [9.17, 15) is 14.0 Å². The zero-order valence-corrected chi connectivity index (χ0v) is 14.0. The summed E-state index contributed by atoms with van der Waals surface area (Å²) >= 11 is 0.